The molecular formula is C15H14ClN3O2. The van der Waals surface area contributed by atoms with E-state index < -0.39 is 5.91 Å². The summed E-state index contributed by atoms with van der Waals surface area (Å²) in [5.41, 5.74) is 12.9. The fourth-order valence-corrected chi connectivity index (χ4v) is 2.03. The fourth-order valence-electron chi connectivity index (χ4n) is 1.85. The highest BCUT2D eigenvalue weighted by atomic mass is 35.5. The minimum Gasteiger partial charge on any atom is -0.398 e. The molecule has 0 fully saturated rings. The van der Waals surface area contributed by atoms with E-state index in [0.717, 1.165) is 5.56 Å². The molecule has 0 saturated heterocycles. The standard InChI is InChI=1S/C15H14ClN3O2/c16-10-3-6-12(13(17)8-10)15(21)19-11-4-1-9(2-5-11)7-14(18)20/h1-6,8H,7,17H2,(H2,18,20)(H,19,21). The number of carbonyl (C=O) groups excluding carboxylic acids is 2. The summed E-state index contributed by atoms with van der Waals surface area (Å²) in [6, 6.07) is 11.5. The van der Waals surface area contributed by atoms with Gasteiger partial charge in [0.05, 0.1) is 12.0 Å². The normalized spacial score (nSPS) is 10.1. The Morgan fingerprint density at radius 2 is 1.76 bits per heavy atom. The highest BCUT2D eigenvalue weighted by Gasteiger charge is 2.10. The van der Waals surface area contributed by atoms with Crippen LogP contribution in [0.25, 0.3) is 0 Å². The van der Waals surface area contributed by atoms with Gasteiger partial charge in [-0.2, -0.15) is 0 Å². The minimum absolute atomic E-state index is 0.165. The second-order valence-electron chi connectivity index (χ2n) is 4.53. The molecule has 5 N–H and O–H groups in total. The molecule has 0 aliphatic rings. The van der Waals surface area contributed by atoms with Crippen molar-refractivity contribution in [3.8, 4) is 0 Å². The van der Waals surface area contributed by atoms with Gasteiger partial charge in [-0.05, 0) is 35.9 Å². The quantitative estimate of drug-likeness (QED) is 0.755. The van der Waals surface area contributed by atoms with E-state index in [9.17, 15) is 9.59 Å². The Morgan fingerprint density at radius 3 is 2.33 bits per heavy atom. The highest BCUT2D eigenvalue weighted by Crippen LogP contribution is 2.19. The van der Waals surface area contributed by atoms with E-state index in [4.69, 9.17) is 23.1 Å². The summed E-state index contributed by atoms with van der Waals surface area (Å²) in [6.45, 7) is 0. The summed E-state index contributed by atoms with van der Waals surface area (Å²) in [6.07, 6.45) is 0.165. The second-order valence-corrected chi connectivity index (χ2v) is 4.96. The first-order valence-electron chi connectivity index (χ1n) is 6.19. The van der Waals surface area contributed by atoms with Crippen molar-refractivity contribution in [1.82, 2.24) is 0 Å². The maximum absolute atomic E-state index is 12.1. The molecular weight excluding hydrogens is 290 g/mol. The zero-order chi connectivity index (χ0) is 15.4. The van der Waals surface area contributed by atoms with E-state index in [0.29, 0.717) is 22.0 Å². The van der Waals surface area contributed by atoms with Gasteiger partial charge in [0.1, 0.15) is 0 Å². The molecule has 0 unspecified atom stereocenters. The second kappa shape index (κ2) is 6.28. The third-order valence-corrected chi connectivity index (χ3v) is 3.08. The van der Waals surface area contributed by atoms with Crippen LogP contribution in [0.1, 0.15) is 15.9 Å². The number of nitrogens with two attached hydrogens (primary N) is 2. The zero-order valence-corrected chi connectivity index (χ0v) is 11.9. The fraction of sp³-hybridized carbons (Fsp3) is 0.0667. The Kier molecular flexibility index (Phi) is 4.45. The molecule has 0 aliphatic heterocycles. The molecule has 0 bridgehead atoms. The van der Waals surface area contributed by atoms with Crippen LogP contribution in [0, 0.1) is 0 Å². The van der Waals surface area contributed by atoms with Crippen molar-refractivity contribution in [2.24, 2.45) is 5.73 Å². The van der Waals surface area contributed by atoms with Crippen LogP contribution >= 0.6 is 11.6 Å². The third kappa shape index (κ3) is 3.97. The van der Waals surface area contributed by atoms with Crippen LogP contribution in [0.15, 0.2) is 42.5 Å². The maximum Gasteiger partial charge on any atom is 0.257 e. The van der Waals surface area contributed by atoms with Crippen molar-refractivity contribution in [3.05, 3.63) is 58.6 Å². The molecule has 0 heterocycles. The predicted molar refractivity (Wildman–Crippen MR) is 83.2 cm³/mol. The molecule has 2 aromatic carbocycles. The van der Waals surface area contributed by atoms with Crippen molar-refractivity contribution in [1.29, 1.82) is 0 Å². The van der Waals surface area contributed by atoms with Crippen LogP contribution in [-0.2, 0) is 11.2 Å². The van der Waals surface area contributed by atoms with E-state index in [2.05, 4.69) is 5.32 Å². The number of amides is 2. The number of nitrogens with one attached hydrogen (secondary N) is 1. The monoisotopic (exact) mass is 303 g/mol. The largest absolute Gasteiger partial charge is 0.398 e. The summed E-state index contributed by atoms with van der Waals surface area (Å²) < 4.78 is 0. The summed E-state index contributed by atoms with van der Waals surface area (Å²) in [4.78, 5) is 22.9. The predicted octanol–water partition coefficient (Wildman–Crippen LogP) is 2.20. The molecule has 0 radical (unpaired) electrons. The van der Waals surface area contributed by atoms with Crippen molar-refractivity contribution < 1.29 is 9.59 Å². The van der Waals surface area contributed by atoms with Crippen LogP contribution in [-0.4, -0.2) is 11.8 Å². The zero-order valence-electron chi connectivity index (χ0n) is 11.1. The van der Waals surface area contributed by atoms with Crippen molar-refractivity contribution in [2.45, 2.75) is 6.42 Å². The first kappa shape index (κ1) is 14.9. The van der Waals surface area contributed by atoms with E-state index >= 15 is 0 Å². The number of nitrogen functional groups attached to an aromatic ring is 1. The maximum atomic E-state index is 12.1. The van der Waals surface area contributed by atoms with Gasteiger partial charge in [0.15, 0.2) is 0 Å². The van der Waals surface area contributed by atoms with E-state index in [1.54, 1.807) is 36.4 Å². The number of anilines is 2. The molecule has 0 spiro atoms. The average molecular weight is 304 g/mol. The molecule has 0 saturated carbocycles. The van der Waals surface area contributed by atoms with E-state index in [1.807, 2.05) is 0 Å². The van der Waals surface area contributed by atoms with Crippen LogP contribution < -0.4 is 16.8 Å². The van der Waals surface area contributed by atoms with Crippen molar-refractivity contribution in [2.75, 3.05) is 11.1 Å². The number of carbonyl (C=O) groups is 2. The molecule has 0 aliphatic carbocycles. The lowest BCUT2D eigenvalue weighted by Gasteiger charge is -2.08. The summed E-state index contributed by atoms with van der Waals surface area (Å²) in [7, 11) is 0. The summed E-state index contributed by atoms with van der Waals surface area (Å²) in [5, 5.41) is 3.19. The van der Waals surface area contributed by atoms with Crippen LogP contribution in [0.5, 0.6) is 0 Å². The highest BCUT2D eigenvalue weighted by molar-refractivity contribution is 6.31. The number of hydrogen-bond acceptors (Lipinski definition) is 3. The smallest absolute Gasteiger partial charge is 0.257 e. The topological polar surface area (TPSA) is 98.2 Å². The molecule has 2 aromatic rings. The van der Waals surface area contributed by atoms with Gasteiger partial charge in [0, 0.05) is 16.4 Å². The van der Waals surface area contributed by atoms with Gasteiger partial charge in [-0.3, -0.25) is 9.59 Å². The van der Waals surface area contributed by atoms with Crippen LogP contribution in [0.4, 0.5) is 11.4 Å². The summed E-state index contributed by atoms with van der Waals surface area (Å²) >= 11 is 5.79. The van der Waals surface area contributed by atoms with Gasteiger partial charge in [-0.25, -0.2) is 0 Å². The number of benzene rings is 2. The number of halogens is 1. The molecule has 21 heavy (non-hydrogen) atoms. The molecule has 0 aromatic heterocycles. The van der Waals surface area contributed by atoms with Gasteiger partial charge < -0.3 is 16.8 Å². The molecule has 2 rings (SSSR count). The Labute approximate surface area is 126 Å². The molecule has 6 heteroatoms. The first-order valence-corrected chi connectivity index (χ1v) is 6.57. The first-order chi connectivity index (χ1) is 9.95. The Hall–Kier alpha value is -2.53. The van der Waals surface area contributed by atoms with Crippen LogP contribution in [0.3, 0.4) is 0 Å². The number of hydrogen-bond donors (Lipinski definition) is 3. The van der Waals surface area contributed by atoms with Crippen molar-refractivity contribution in [3.63, 3.8) is 0 Å². The molecule has 108 valence electrons. The van der Waals surface area contributed by atoms with Gasteiger partial charge in [0.2, 0.25) is 5.91 Å². The SMILES string of the molecule is NC(=O)Cc1ccc(NC(=O)c2ccc(Cl)cc2N)cc1. The van der Waals surface area contributed by atoms with Gasteiger partial charge >= 0.3 is 0 Å². The Balaban J connectivity index is 2.10. The van der Waals surface area contributed by atoms with Crippen LogP contribution in [0.2, 0.25) is 5.02 Å². The lowest BCUT2D eigenvalue weighted by atomic mass is 10.1. The van der Waals surface area contributed by atoms with E-state index in [-0.39, 0.29) is 12.3 Å². The molecule has 5 nitrogen and oxygen atoms in total. The van der Waals surface area contributed by atoms with Gasteiger partial charge in [-0.15, -0.1) is 0 Å². The average Bonchev–Trinajstić information content (AvgIpc) is 2.40. The Morgan fingerprint density at radius 1 is 1.10 bits per heavy atom. The Bertz CT molecular complexity index is 684. The van der Waals surface area contributed by atoms with Gasteiger partial charge in [0.25, 0.3) is 5.91 Å². The molecule has 0 atom stereocenters. The van der Waals surface area contributed by atoms with E-state index in [1.165, 1.54) is 6.07 Å². The minimum atomic E-state index is -0.402. The third-order valence-electron chi connectivity index (χ3n) is 2.85. The lowest BCUT2D eigenvalue weighted by Crippen LogP contribution is -2.15. The summed E-state index contributed by atoms with van der Waals surface area (Å²) in [5.74, 6) is -0.729. The van der Waals surface area contributed by atoms with Gasteiger partial charge in [-0.1, -0.05) is 23.7 Å². The lowest BCUT2D eigenvalue weighted by molar-refractivity contribution is -0.117. The van der Waals surface area contributed by atoms with Crippen molar-refractivity contribution >= 4 is 34.8 Å². The molecule has 2 amide bonds. The number of primary amides is 1. The number of rotatable bonds is 4.